The van der Waals surface area contributed by atoms with Crippen molar-refractivity contribution < 1.29 is 4.42 Å². The van der Waals surface area contributed by atoms with Gasteiger partial charge in [-0.1, -0.05) is 30.3 Å². The molecule has 2 rings (SSSR count). The standard InChI is InChI=1S/C14H17NO/c1-11(13-7-4-3-5-8-13)15-12(2)14-9-6-10-16-14/h3-12,15H,1-2H3/t11?,12-/m1/s1. The fourth-order valence-corrected chi connectivity index (χ4v) is 1.83. The first-order valence-corrected chi connectivity index (χ1v) is 5.62. The summed E-state index contributed by atoms with van der Waals surface area (Å²) >= 11 is 0. The number of rotatable bonds is 4. The predicted octanol–water partition coefficient (Wildman–Crippen LogP) is 3.69. The van der Waals surface area contributed by atoms with E-state index in [2.05, 4.69) is 43.4 Å². The lowest BCUT2D eigenvalue weighted by atomic mass is 10.1. The van der Waals surface area contributed by atoms with Crippen LogP contribution in [0.4, 0.5) is 0 Å². The molecule has 0 fully saturated rings. The van der Waals surface area contributed by atoms with Crippen LogP contribution in [0.1, 0.15) is 37.3 Å². The van der Waals surface area contributed by atoms with Crippen molar-refractivity contribution in [2.75, 3.05) is 0 Å². The summed E-state index contributed by atoms with van der Waals surface area (Å²) in [5.41, 5.74) is 1.29. The third kappa shape index (κ3) is 2.52. The molecular formula is C14H17NO. The maximum absolute atomic E-state index is 5.37. The quantitative estimate of drug-likeness (QED) is 0.841. The van der Waals surface area contributed by atoms with Crippen molar-refractivity contribution >= 4 is 0 Å². The number of hydrogen-bond donors (Lipinski definition) is 1. The zero-order valence-electron chi connectivity index (χ0n) is 9.68. The first kappa shape index (κ1) is 11.0. The Balaban J connectivity index is 2.00. The second-order valence-electron chi connectivity index (χ2n) is 4.04. The van der Waals surface area contributed by atoms with Crippen molar-refractivity contribution in [3.05, 3.63) is 60.1 Å². The number of benzene rings is 1. The molecule has 0 aliphatic carbocycles. The Hall–Kier alpha value is -1.54. The van der Waals surface area contributed by atoms with Crippen LogP contribution in [0.25, 0.3) is 0 Å². The van der Waals surface area contributed by atoms with Gasteiger partial charge in [0.15, 0.2) is 0 Å². The molecular weight excluding hydrogens is 198 g/mol. The van der Waals surface area contributed by atoms with Crippen LogP contribution in [-0.2, 0) is 0 Å². The summed E-state index contributed by atoms with van der Waals surface area (Å²) in [6, 6.07) is 14.9. The van der Waals surface area contributed by atoms with E-state index < -0.39 is 0 Å². The molecule has 0 aliphatic heterocycles. The van der Waals surface area contributed by atoms with Gasteiger partial charge < -0.3 is 9.73 Å². The molecule has 2 aromatic rings. The summed E-state index contributed by atoms with van der Waals surface area (Å²) < 4.78 is 5.37. The van der Waals surface area contributed by atoms with Gasteiger partial charge in [0.25, 0.3) is 0 Å². The molecule has 0 radical (unpaired) electrons. The Bertz CT molecular complexity index is 408. The third-order valence-corrected chi connectivity index (χ3v) is 2.77. The van der Waals surface area contributed by atoms with Crippen molar-refractivity contribution in [2.24, 2.45) is 0 Å². The lowest BCUT2D eigenvalue weighted by Crippen LogP contribution is -2.22. The zero-order chi connectivity index (χ0) is 11.4. The van der Waals surface area contributed by atoms with E-state index in [-0.39, 0.29) is 6.04 Å². The normalized spacial score (nSPS) is 14.6. The van der Waals surface area contributed by atoms with Crippen LogP contribution in [0.5, 0.6) is 0 Å². The van der Waals surface area contributed by atoms with Crippen LogP contribution >= 0.6 is 0 Å². The molecule has 0 saturated heterocycles. The first-order valence-electron chi connectivity index (χ1n) is 5.62. The number of hydrogen-bond acceptors (Lipinski definition) is 2. The molecule has 16 heavy (non-hydrogen) atoms. The van der Waals surface area contributed by atoms with Gasteiger partial charge in [-0.2, -0.15) is 0 Å². The highest BCUT2D eigenvalue weighted by atomic mass is 16.3. The molecule has 84 valence electrons. The van der Waals surface area contributed by atoms with E-state index >= 15 is 0 Å². The van der Waals surface area contributed by atoms with Gasteiger partial charge in [-0.3, -0.25) is 0 Å². The maximum atomic E-state index is 5.37. The average Bonchev–Trinajstić information content (AvgIpc) is 2.83. The second-order valence-corrected chi connectivity index (χ2v) is 4.04. The monoisotopic (exact) mass is 215 g/mol. The summed E-state index contributed by atoms with van der Waals surface area (Å²) in [7, 11) is 0. The van der Waals surface area contributed by atoms with Gasteiger partial charge in [-0.05, 0) is 31.5 Å². The Morgan fingerprint density at radius 3 is 2.31 bits per heavy atom. The molecule has 2 heteroatoms. The van der Waals surface area contributed by atoms with Crippen LogP contribution < -0.4 is 5.32 Å². The molecule has 0 amide bonds. The summed E-state index contributed by atoms with van der Waals surface area (Å²) in [4.78, 5) is 0. The lowest BCUT2D eigenvalue weighted by molar-refractivity contribution is 0.403. The lowest BCUT2D eigenvalue weighted by Gasteiger charge is -2.18. The van der Waals surface area contributed by atoms with Gasteiger partial charge in [0, 0.05) is 6.04 Å². The van der Waals surface area contributed by atoms with Crippen molar-refractivity contribution in [3.8, 4) is 0 Å². The molecule has 1 unspecified atom stereocenters. The van der Waals surface area contributed by atoms with Gasteiger partial charge in [-0.15, -0.1) is 0 Å². The molecule has 0 bridgehead atoms. The van der Waals surface area contributed by atoms with Gasteiger partial charge in [0.05, 0.1) is 12.3 Å². The van der Waals surface area contributed by atoms with E-state index in [0.717, 1.165) is 5.76 Å². The Morgan fingerprint density at radius 1 is 0.938 bits per heavy atom. The molecule has 0 aliphatic rings. The van der Waals surface area contributed by atoms with Crippen LogP contribution in [0, 0.1) is 0 Å². The highest BCUT2D eigenvalue weighted by Gasteiger charge is 2.12. The van der Waals surface area contributed by atoms with Gasteiger partial charge in [0.1, 0.15) is 5.76 Å². The summed E-state index contributed by atoms with van der Waals surface area (Å²) in [5.74, 6) is 0.975. The summed E-state index contributed by atoms with van der Waals surface area (Å²) in [6.45, 7) is 4.27. The average molecular weight is 215 g/mol. The first-order chi connectivity index (χ1) is 7.77. The van der Waals surface area contributed by atoms with Gasteiger partial charge >= 0.3 is 0 Å². The van der Waals surface area contributed by atoms with Gasteiger partial charge in [-0.25, -0.2) is 0 Å². The number of furan rings is 1. The van der Waals surface area contributed by atoms with Crippen LogP contribution in [-0.4, -0.2) is 0 Å². The molecule has 2 nitrogen and oxygen atoms in total. The van der Waals surface area contributed by atoms with Crippen LogP contribution in [0.15, 0.2) is 53.1 Å². The maximum Gasteiger partial charge on any atom is 0.120 e. The molecule has 0 saturated carbocycles. The summed E-state index contributed by atoms with van der Waals surface area (Å²) in [6.07, 6.45) is 1.71. The van der Waals surface area contributed by atoms with Crippen molar-refractivity contribution in [1.82, 2.24) is 5.32 Å². The van der Waals surface area contributed by atoms with Crippen molar-refractivity contribution in [1.29, 1.82) is 0 Å². The minimum Gasteiger partial charge on any atom is -0.468 e. The van der Waals surface area contributed by atoms with Gasteiger partial charge in [0.2, 0.25) is 0 Å². The SMILES string of the molecule is CC(N[C@H](C)c1ccco1)c1ccccc1. The minimum atomic E-state index is 0.227. The van der Waals surface area contributed by atoms with E-state index in [0.29, 0.717) is 6.04 Å². The van der Waals surface area contributed by atoms with Crippen LogP contribution in [0.2, 0.25) is 0 Å². The smallest absolute Gasteiger partial charge is 0.120 e. The fourth-order valence-electron chi connectivity index (χ4n) is 1.83. The zero-order valence-corrected chi connectivity index (χ0v) is 9.68. The van der Waals surface area contributed by atoms with E-state index in [1.165, 1.54) is 5.56 Å². The van der Waals surface area contributed by atoms with Crippen LogP contribution in [0.3, 0.4) is 0 Å². The van der Waals surface area contributed by atoms with E-state index in [9.17, 15) is 0 Å². The topological polar surface area (TPSA) is 25.2 Å². The Kier molecular flexibility index (Phi) is 3.42. The van der Waals surface area contributed by atoms with Crippen molar-refractivity contribution in [3.63, 3.8) is 0 Å². The molecule has 0 spiro atoms. The minimum absolute atomic E-state index is 0.227. The van der Waals surface area contributed by atoms with Crippen molar-refractivity contribution in [2.45, 2.75) is 25.9 Å². The molecule has 1 aromatic heterocycles. The van der Waals surface area contributed by atoms with E-state index in [1.54, 1.807) is 6.26 Å². The fraction of sp³-hybridized carbons (Fsp3) is 0.286. The predicted molar refractivity (Wildman–Crippen MR) is 65.1 cm³/mol. The van der Waals surface area contributed by atoms with E-state index in [4.69, 9.17) is 4.42 Å². The Morgan fingerprint density at radius 2 is 1.69 bits per heavy atom. The molecule has 1 N–H and O–H groups in total. The summed E-state index contributed by atoms with van der Waals surface area (Å²) in [5, 5.41) is 3.50. The van der Waals surface area contributed by atoms with E-state index in [1.807, 2.05) is 18.2 Å². The second kappa shape index (κ2) is 4.99. The molecule has 1 aromatic carbocycles. The third-order valence-electron chi connectivity index (χ3n) is 2.77. The largest absolute Gasteiger partial charge is 0.468 e. The molecule has 1 heterocycles. The highest BCUT2D eigenvalue weighted by Crippen LogP contribution is 2.19. The Labute approximate surface area is 96.3 Å². The number of nitrogens with one attached hydrogen (secondary N) is 1. The molecule has 2 atom stereocenters. The highest BCUT2D eigenvalue weighted by molar-refractivity contribution is 5.18.